The molecule has 0 spiro atoms. The van der Waals surface area contributed by atoms with Crippen molar-refractivity contribution in [1.82, 2.24) is 10.7 Å². The number of hydrogen-bond donors (Lipinski definition) is 2. The minimum Gasteiger partial charge on any atom is -0.488 e. The highest BCUT2D eigenvalue weighted by Crippen LogP contribution is 2.35. The van der Waals surface area contributed by atoms with Gasteiger partial charge in [-0.1, -0.05) is 88.2 Å². The highest BCUT2D eigenvalue weighted by atomic mass is 79.9. The number of hydrogen-bond acceptors (Lipinski definition) is 5. The maximum Gasteiger partial charge on any atom is 0.263 e. The fourth-order valence-electron chi connectivity index (χ4n) is 3.93. The molecule has 1 aromatic heterocycles. The quantitative estimate of drug-likeness (QED) is 0.149. The maximum atomic E-state index is 12.6. The minimum absolute atomic E-state index is 0.247. The predicted octanol–water partition coefficient (Wildman–Crippen LogP) is 6.93. The van der Waals surface area contributed by atoms with Crippen molar-refractivity contribution in [3.8, 4) is 5.75 Å². The third kappa shape index (κ3) is 5.88. The number of hydrazone groups is 1. The second-order valence-electron chi connectivity index (χ2n) is 8.33. The average Bonchev–Trinajstić information content (AvgIpc) is 3.27. The molecule has 2 N–H and O–H groups in total. The van der Waals surface area contributed by atoms with E-state index in [9.17, 15) is 9.59 Å². The van der Waals surface area contributed by atoms with E-state index in [4.69, 9.17) is 16.3 Å². The molecule has 190 valence electrons. The highest BCUT2D eigenvalue weighted by Gasteiger charge is 2.17. The van der Waals surface area contributed by atoms with Crippen LogP contribution in [0.4, 0.5) is 0 Å². The summed E-state index contributed by atoms with van der Waals surface area (Å²) in [5.41, 5.74) is 4.22. The molecule has 5 aromatic rings. The zero-order chi connectivity index (χ0) is 26.5. The summed E-state index contributed by atoms with van der Waals surface area (Å²) in [6.45, 7) is 0.125. The van der Waals surface area contributed by atoms with Crippen LogP contribution in [0.25, 0.3) is 20.9 Å². The van der Waals surface area contributed by atoms with Gasteiger partial charge < -0.3 is 10.1 Å². The monoisotopic (exact) mass is 605 g/mol. The van der Waals surface area contributed by atoms with Crippen LogP contribution >= 0.6 is 38.9 Å². The smallest absolute Gasteiger partial charge is 0.263 e. The normalized spacial score (nSPS) is 11.2. The van der Waals surface area contributed by atoms with Crippen LogP contribution in [0.15, 0.2) is 94.5 Å². The van der Waals surface area contributed by atoms with Gasteiger partial charge in [0.25, 0.3) is 11.8 Å². The molecule has 5 rings (SSSR count). The predicted molar refractivity (Wildman–Crippen MR) is 157 cm³/mol. The van der Waals surface area contributed by atoms with Crippen LogP contribution < -0.4 is 15.5 Å². The first kappa shape index (κ1) is 25.9. The van der Waals surface area contributed by atoms with Crippen molar-refractivity contribution < 1.29 is 14.3 Å². The Balaban J connectivity index is 1.26. The van der Waals surface area contributed by atoms with Gasteiger partial charge in [0.1, 0.15) is 17.2 Å². The molecule has 38 heavy (non-hydrogen) atoms. The van der Waals surface area contributed by atoms with Gasteiger partial charge in [-0.25, -0.2) is 5.43 Å². The first-order chi connectivity index (χ1) is 18.5. The molecule has 0 unspecified atom stereocenters. The van der Waals surface area contributed by atoms with E-state index in [0.717, 1.165) is 36.5 Å². The number of rotatable bonds is 8. The molecule has 1 heterocycles. The molecule has 6 nitrogen and oxygen atoms in total. The first-order valence-corrected chi connectivity index (χ1v) is 13.6. The van der Waals surface area contributed by atoms with E-state index >= 15 is 0 Å². The Hall–Kier alpha value is -3.72. The number of nitrogens with zero attached hydrogens (tertiary/aromatic N) is 1. The SMILES string of the molecule is O=C(CNC(=O)c1sc2ccccc2c1Cl)N/N=C/c1c(OCc2cccc(Br)c2)ccc2ccccc12. The third-order valence-corrected chi connectivity index (χ3v) is 7.92. The van der Waals surface area contributed by atoms with Crippen molar-refractivity contribution in [1.29, 1.82) is 0 Å². The lowest BCUT2D eigenvalue weighted by Crippen LogP contribution is -2.34. The summed E-state index contributed by atoms with van der Waals surface area (Å²) in [5.74, 6) is -0.245. The van der Waals surface area contributed by atoms with Crippen LogP contribution in [-0.2, 0) is 11.4 Å². The van der Waals surface area contributed by atoms with E-state index in [1.54, 1.807) is 6.21 Å². The number of amides is 2. The van der Waals surface area contributed by atoms with Crippen LogP contribution in [0.3, 0.4) is 0 Å². The molecule has 0 atom stereocenters. The van der Waals surface area contributed by atoms with Crippen molar-refractivity contribution in [2.24, 2.45) is 5.10 Å². The number of fused-ring (bicyclic) bond motifs is 2. The molecule has 0 saturated carbocycles. The summed E-state index contributed by atoms with van der Waals surface area (Å²) in [4.78, 5) is 25.4. The van der Waals surface area contributed by atoms with E-state index in [2.05, 4.69) is 31.8 Å². The second-order valence-corrected chi connectivity index (χ2v) is 10.7. The van der Waals surface area contributed by atoms with Gasteiger partial charge in [0, 0.05) is 20.1 Å². The lowest BCUT2D eigenvalue weighted by atomic mass is 10.0. The van der Waals surface area contributed by atoms with Gasteiger partial charge in [0.15, 0.2) is 0 Å². The molecule has 0 bridgehead atoms. The fourth-order valence-corrected chi connectivity index (χ4v) is 5.81. The van der Waals surface area contributed by atoms with E-state index < -0.39 is 11.8 Å². The van der Waals surface area contributed by atoms with Crippen LogP contribution in [0.5, 0.6) is 5.75 Å². The van der Waals surface area contributed by atoms with E-state index in [1.165, 1.54) is 11.3 Å². The zero-order valence-electron chi connectivity index (χ0n) is 19.9. The summed E-state index contributed by atoms with van der Waals surface area (Å²) in [6, 6.07) is 27.1. The molecule has 4 aromatic carbocycles. The molecule has 0 fully saturated rings. The van der Waals surface area contributed by atoms with Crippen molar-refractivity contribution in [2.45, 2.75) is 6.61 Å². The fraction of sp³-hybridized carbons (Fsp3) is 0.0690. The van der Waals surface area contributed by atoms with Gasteiger partial charge in [-0.15, -0.1) is 11.3 Å². The number of carbonyl (C=O) groups excluding carboxylic acids is 2. The standard InChI is InChI=1S/C29H21BrClN3O3S/c30-20-8-5-6-18(14-20)17-37-24-13-12-19-7-1-2-9-21(19)23(24)15-33-34-26(35)16-32-29(36)28-27(31)22-10-3-4-11-25(22)38-28/h1-15H,16-17H2,(H,32,36)(H,34,35)/b33-15+. The Morgan fingerprint density at radius 1 is 0.974 bits per heavy atom. The number of ether oxygens (including phenoxy) is 1. The van der Waals surface area contributed by atoms with E-state index in [-0.39, 0.29) is 6.54 Å². The zero-order valence-corrected chi connectivity index (χ0v) is 23.1. The van der Waals surface area contributed by atoms with Gasteiger partial charge >= 0.3 is 0 Å². The first-order valence-electron chi connectivity index (χ1n) is 11.7. The minimum atomic E-state index is -0.469. The lowest BCUT2D eigenvalue weighted by molar-refractivity contribution is -0.120. The van der Waals surface area contributed by atoms with Crippen LogP contribution in [0.2, 0.25) is 5.02 Å². The van der Waals surface area contributed by atoms with Crippen LogP contribution in [-0.4, -0.2) is 24.6 Å². The van der Waals surface area contributed by atoms with Crippen LogP contribution in [0, 0.1) is 0 Å². The molecule has 0 saturated heterocycles. The van der Waals surface area contributed by atoms with E-state index in [1.807, 2.05) is 84.9 Å². The largest absolute Gasteiger partial charge is 0.488 e. The van der Waals surface area contributed by atoms with Gasteiger partial charge in [-0.05, 0) is 40.6 Å². The van der Waals surface area contributed by atoms with Crippen molar-refractivity contribution >= 4 is 77.8 Å². The molecule has 0 radical (unpaired) electrons. The van der Waals surface area contributed by atoms with E-state index in [0.29, 0.717) is 22.3 Å². The molecular formula is C29H21BrClN3O3S. The molecule has 0 aliphatic rings. The van der Waals surface area contributed by atoms with Gasteiger partial charge in [0.05, 0.1) is 17.8 Å². The summed E-state index contributed by atoms with van der Waals surface area (Å²) in [7, 11) is 0. The van der Waals surface area contributed by atoms with Gasteiger partial charge in [-0.2, -0.15) is 5.10 Å². The van der Waals surface area contributed by atoms with Crippen molar-refractivity contribution in [3.05, 3.63) is 110 Å². The van der Waals surface area contributed by atoms with Crippen molar-refractivity contribution in [2.75, 3.05) is 6.54 Å². The Morgan fingerprint density at radius 2 is 1.76 bits per heavy atom. The summed E-state index contributed by atoms with van der Waals surface area (Å²) in [6.07, 6.45) is 1.56. The van der Waals surface area contributed by atoms with Gasteiger partial charge in [-0.3, -0.25) is 9.59 Å². The third-order valence-electron chi connectivity index (χ3n) is 5.75. The Bertz CT molecular complexity index is 1680. The number of nitrogens with one attached hydrogen (secondary N) is 2. The van der Waals surface area contributed by atoms with Gasteiger partial charge in [0.2, 0.25) is 0 Å². The molecule has 0 aliphatic heterocycles. The number of halogens is 2. The van der Waals surface area contributed by atoms with Crippen LogP contribution in [0.1, 0.15) is 20.8 Å². The molecular weight excluding hydrogens is 586 g/mol. The molecule has 2 amide bonds. The van der Waals surface area contributed by atoms with Crippen molar-refractivity contribution in [3.63, 3.8) is 0 Å². The summed E-state index contributed by atoms with van der Waals surface area (Å²) < 4.78 is 8.00. The molecule has 9 heteroatoms. The Labute approximate surface area is 236 Å². The highest BCUT2D eigenvalue weighted by molar-refractivity contribution is 9.10. The average molecular weight is 607 g/mol. The molecule has 0 aliphatic carbocycles. The number of benzene rings is 4. The summed E-state index contributed by atoms with van der Waals surface area (Å²) >= 11 is 11.1. The topological polar surface area (TPSA) is 79.8 Å². The lowest BCUT2D eigenvalue weighted by Gasteiger charge is -2.12. The maximum absolute atomic E-state index is 12.6. The second kappa shape index (κ2) is 11.8. The Kier molecular flexibility index (Phi) is 8.03. The Morgan fingerprint density at radius 3 is 2.58 bits per heavy atom. The summed E-state index contributed by atoms with van der Waals surface area (Å²) in [5, 5.41) is 9.89. The number of carbonyl (C=O) groups is 2. The number of thiophene rings is 1.